The van der Waals surface area contributed by atoms with Crippen molar-refractivity contribution in [2.45, 2.75) is 19.0 Å². The highest BCUT2D eigenvalue weighted by molar-refractivity contribution is 7.98. The summed E-state index contributed by atoms with van der Waals surface area (Å²) in [6.45, 7) is 3.93. The van der Waals surface area contributed by atoms with Gasteiger partial charge in [-0.15, -0.1) is 0 Å². The van der Waals surface area contributed by atoms with Crippen LogP contribution in [-0.4, -0.2) is 27.3 Å². The largest absolute Gasteiger partial charge is 0.477 e. The monoisotopic (exact) mass is 262 g/mol. The van der Waals surface area contributed by atoms with Crippen LogP contribution < -0.4 is 0 Å². The molecule has 0 spiro atoms. The summed E-state index contributed by atoms with van der Waals surface area (Å²) in [6, 6.07) is 5.94. The lowest BCUT2D eigenvalue weighted by atomic mass is 10.0. The van der Waals surface area contributed by atoms with E-state index in [0.29, 0.717) is 10.9 Å². The first-order valence-corrected chi connectivity index (χ1v) is 6.70. The molecule has 4 nitrogen and oxygen atoms in total. The van der Waals surface area contributed by atoms with E-state index in [0.717, 1.165) is 16.7 Å². The van der Waals surface area contributed by atoms with Crippen molar-refractivity contribution in [1.29, 1.82) is 0 Å². The van der Waals surface area contributed by atoms with Gasteiger partial charge in [-0.05, 0) is 31.7 Å². The molecule has 0 saturated heterocycles. The lowest BCUT2D eigenvalue weighted by molar-refractivity contribution is 0.0691. The van der Waals surface area contributed by atoms with Crippen LogP contribution in [0, 0.1) is 13.8 Å². The molecule has 94 valence electrons. The summed E-state index contributed by atoms with van der Waals surface area (Å²) < 4.78 is 0. The average molecular weight is 262 g/mol. The van der Waals surface area contributed by atoms with Gasteiger partial charge in [0.15, 0.2) is 10.9 Å². The van der Waals surface area contributed by atoms with Crippen LogP contribution in [0.3, 0.4) is 0 Å². The van der Waals surface area contributed by atoms with Gasteiger partial charge in [-0.1, -0.05) is 29.5 Å². The maximum atomic E-state index is 11.2. The van der Waals surface area contributed by atoms with Gasteiger partial charge in [-0.3, -0.25) is 0 Å². The van der Waals surface area contributed by atoms with Gasteiger partial charge in [0.1, 0.15) is 5.69 Å². The van der Waals surface area contributed by atoms with Gasteiger partial charge in [-0.25, -0.2) is 9.78 Å². The zero-order chi connectivity index (χ0) is 13.3. The number of H-pyrrole nitrogens is 1. The number of thioether (sulfide) groups is 1. The molecule has 0 aliphatic rings. The van der Waals surface area contributed by atoms with E-state index in [1.165, 1.54) is 11.8 Å². The van der Waals surface area contributed by atoms with Crippen LogP contribution in [0.5, 0.6) is 0 Å². The van der Waals surface area contributed by atoms with Crippen molar-refractivity contribution in [1.82, 2.24) is 9.97 Å². The zero-order valence-electron chi connectivity index (χ0n) is 10.4. The number of hydrogen-bond donors (Lipinski definition) is 2. The molecule has 5 heteroatoms. The summed E-state index contributed by atoms with van der Waals surface area (Å²) in [5, 5.41) is 9.83. The Labute approximate surface area is 109 Å². The summed E-state index contributed by atoms with van der Waals surface area (Å²) in [7, 11) is 0. The van der Waals surface area contributed by atoms with Crippen LogP contribution in [0.1, 0.15) is 21.6 Å². The molecule has 0 aliphatic carbocycles. The molecule has 0 saturated carbocycles. The molecule has 0 atom stereocenters. The quantitative estimate of drug-likeness (QED) is 0.834. The first-order valence-electron chi connectivity index (χ1n) is 5.48. The second-order valence-electron chi connectivity index (χ2n) is 4.09. The van der Waals surface area contributed by atoms with Gasteiger partial charge in [0.25, 0.3) is 0 Å². The minimum absolute atomic E-state index is 0.146. The van der Waals surface area contributed by atoms with Crippen molar-refractivity contribution >= 4 is 17.7 Å². The number of aromatic nitrogens is 2. The molecular formula is C13H14N2O2S. The SMILES string of the molecule is CSc1nc(-c2cc(C)ccc2C)c(C(=O)O)[nH]1. The summed E-state index contributed by atoms with van der Waals surface area (Å²) >= 11 is 1.40. The molecule has 1 aromatic carbocycles. The van der Waals surface area contributed by atoms with Crippen LogP contribution in [-0.2, 0) is 0 Å². The first kappa shape index (κ1) is 12.7. The third kappa shape index (κ3) is 2.26. The Kier molecular flexibility index (Phi) is 3.43. The smallest absolute Gasteiger partial charge is 0.354 e. The van der Waals surface area contributed by atoms with Gasteiger partial charge in [0.05, 0.1) is 0 Å². The van der Waals surface area contributed by atoms with Gasteiger partial charge in [-0.2, -0.15) is 0 Å². The number of carbonyl (C=O) groups is 1. The van der Waals surface area contributed by atoms with Crippen molar-refractivity contribution in [2.24, 2.45) is 0 Å². The van der Waals surface area contributed by atoms with Gasteiger partial charge in [0, 0.05) is 5.56 Å². The maximum Gasteiger partial charge on any atom is 0.354 e. The highest BCUT2D eigenvalue weighted by Crippen LogP contribution is 2.28. The molecule has 1 heterocycles. The zero-order valence-corrected chi connectivity index (χ0v) is 11.3. The molecule has 0 unspecified atom stereocenters. The van der Waals surface area contributed by atoms with E-state index in [-0.39, 0.29) is 5.69 Å². The number of hydrogen-bond acceptors (Lipinski definition) is 3. The minimum atomic E-state index is -0.987. The van der Waals surface area contributed by atoms with Crippen LogP contribution >= 0.6 is 11.8 Å². The number of carboxylic acid groups (broad SMARTS) is 1. The van der Waals surface area contributed by atoms with E-state index in [1.54, 1.807) is 0 Å². The van der Waals surface area contributed by atoms with E-state index < -0.39 is 5.97 Å². The van der Waals surface area contributed by atoms with Crippen molar-refractivity contribution in [3.8, 4) is 11.3 Å². The van der Waals surface area contributed by atoms with Crippen LogP contribution in [0.25, 0.3) is 11.3 Å². The number of aromatic amines is 1. The van der Waals surface area contributed by atoms with E-state index in [4.69, 9.17) is 0 Å². The fourth-order valence-electron chi connectivity index (χ4n) is 1.79. The van der Waals surface area contributed by atoms with Crippen molar-refractivity contribution < 1.29 is 9.90 Å². The number of nitrogens with zero attached hydrogens (tertiary/aromatic N) is 1. The number of aryl methyl sites for hydroxylation is 2. The molecule has 0 aliphatic heterocycles. The average Bonchev–Trinajstić information content (AvgIpc) is 2.76. The summed E-state index contributed by atoms with van der Waals surface area (Å²) in [6.07, 6.45) is 1.86. The van der Waals surface area contributed by atoms with Crippen molar-refractivity contribution in [3.05, 3.63) is 35.0 Å². The van der Waals surface area contributed by atoms with E-state index in [2.05, 4.69) is 9.97 Å². The van der Waals surface area contributed by atoms with Gasteiger partial charge >= 0.3 is 5.97 Å². The molecule has 0 bridgehead atoms. The van der Waals surface area contributed by atoms with E-state index in [9.17, 15) is 9.90 Å². The number of imidazole rings is 1. The minimum Gasteiger partial charge on any atom is -0.477 e. The molecule has 18 heavy (non-hydrogen) atoms. The molecule has 2 rings (SSSR count). The molecule has 2 N–H and O–H groups in total. The second-order valence-corrected chi connectivity index (χ2v) is 4.89. The number of aromatic carboxylic acids is 1. The Bertz CT molecular complexity index is 605. The second kappa shape index (κ2) is 4.86. The highest BCUT2D eigenvalue weighted by Gasteiger charge is 2.19. The molecule has 0 amide bonds. The Morgan fingerprint density at radius 1 is 1.39 bits per heavy atom. The fourth-order valence-corrected chi connectivity index (χ4v) is 2.18. The summed E-state index contributed by atoms with van der Waals surface area (Å²) in [5.74, 6) is -0.987. The standard InChI is InChI=1S/C13H14N2O2S/c1-7-4-5-8(2)9(6-7)10-11(12(16)17)15-13(14-10)18-3/h4-6H,1-3H3,(H,14,15)(H,16,17). The van der Waals surface area contributed by atoms with Crippen LogP contribution in [0.4, 0.5) is 0 Å². The lowest BCUT2D eigenvalue weighted by Crippen LogP contribution is -2.00. The van der Waals surface area contributed by atoms with Crippen LogP contribution in [0.15, 0.2) is 23.4 Å². The Morgan fingerprint density at radius 2 is 2.11 bits per heavy atom. The predicted octanol–water partition coefficient (Wildman–Crippen LogP) is 3.11. The van der Waals surface area contributed by atoms with E-state index >= 15 is 0 Å². The number of nitrogens with one attached hydrogen (secondary N) is 1. The third-order valence-corrected chi connectivity index (χ3v) is 3.32. The van der Waals surface area contributed by atoms with Crippen molar-refractivity contribution in [2.75, 3.05) is 6.26 Å². The Morgan fingerprint density at radius 3 is 2.72 bits per heavy atom. The van der Waals surface area contributed by atoms with Gasteiger partial charge < -0.3 is 10.1 Å². The third-order valence-electron chi connectivity index (χ3n) is 2.74. The van der Waals surface area contributed by atoms with Gasteiger partial charge in [0.2, 0.25) is 0 Å². The van der Waals surface area contributed by atoms with E-state index in [1.807, 2.05) is 38.3 Å². The predicted molar refractivity (Wildman–Crippen MR) is 72.2 cm³/mol. The molecule has 2 aromatic rings. The topological polar surface area (TPSA) is 66.0 Å². The summed E-state index contributed by atoms with van der Waals surface area (Å²) in [5.41, 5.74) is 3.62. The Balaban J connectivity index is 2.65. The number of rotatable bonds is 3. The van der Waals surface area contributed by atoms with Crippen molar-refractivity contribution in [3.63, 3.8) is 0 Å². The maximum absolute atomic E-state index is 11.2. The molecule has 1 aromatic heterocycles. The van der Waals surface area contributed by atoms with Crippen LogP contribution in [0.2, 0.25) is 0 Å². The highest BCUT2D eigenvalue weighted by atomic mass is 32.2. The number of carboxylic acids is 1. The normalized spacial score (nSPS) is 10.6. The summed E-state index contributed by atoms with van der Waals surface area (Å²) in [4.78, 5) is 18.4. The molecule has 0 radical (unpaired) electrons. The lowest BCUT2D eigenvalue weighted by Gasteiger charge is -2.05. The Hall–Kier alpha value is -1.75. The fraction of sp³-hybridized carbons (Fsp3) is 0.231. The molecule has 0 fully saturated rings. The first-order chi connectivity index (χ1) is 8.52. The number of benzene rings is 1. The molecular weight excluding hydrogens is 248 g/mol.